The van der Waals surface area contributed by atoms with Crippen molar-refractivity contribution >= 4 is 11.9 Å². The minimum Gasteiger partial charge on any atom is -0.494 e. The van der Waals surface area contributed by atoms with Gasteiger partial charge in [-0.2, -0.15) is 0 Å². The van der Waals surface area contributed by atoms with E-state index in [1.807, 2.05) is 6.92 Å². The molecule has 0 radical (unpaired) electrons. The van der Waals surface area contributed by atoms with Crippen LogP contribution in [0.4, 0.5) is 0 Å². The lowest BCUT2D eigenvalue weighted by molar-refractivity contribution is -0.142. The zero-order chi connectivity index (χ0) is 15.9. The van der Waals surface area contributed by atoms with Crippen molar-refractivity contribution in [2.45, 2.75) is 25.8 Å². The number of benzene rings is 1. The monoisotopic (exact) mass is 307 g/mol. The van der Waals surface area contributed by atoms with Crippen molar-refractivity contribution < 1.29 is 24.2 Å². The van der Waals surface area contributed by atoms with Gasteiger partial charge in [-0.05, 0) is 38.0 Å². The summed E-state index contributed by atoms with van der Waals surface area (Å²) in [5.41, 5.74) is 0.383. The van der Waals surface area contributed by atoms with Crippen LogP contribution in [0.2, 0.25) is 0 Å². The first-order chi connectivity index (χ1) is 10.6. The zero-order valence-electron chi connectivity index (χ0n) is 12.6. The molecule has 1 aliphatic rings. The van der Waals surface area contributed by atoms with Gasteiger partial charge in [0.05, 0.1) is 13.2 Å². The molecule has 22 heavy (non-hydrogen) atoms. The average molecular weight is 307 g/mol. The molecule has 0 aromatic heterocycles. The Hall–Kier alpha value is -2.08. The molecule has 1 fully saturated rings. The van der Waals surface area contributed by atoms with Gasteiger partial charge in [0.25, 0.3) is 5.91 Å². The molecule has 6 nitrogen and oxygen atoms in total. The minimum atomic E-state index is -1.04. The van der Waals surface area contributed by atoms with Crippen molar-refractivity contribution in [1.29, 1.82) is 0 Å². The number of aliphatic carboxylic acids is 1. The molecule has 2 rings (SSSR count). The summed E-state index contributed by atoms with van der Waals surface area (Å²) in [6.45, 7) is 3.36. The van der Waals surface area contributed by atoms with Crippen LogP contribution in [0.25, 0.3) is 0 Å². The van der Waals surface area contributed by atoms with E-state index in [4.69, 9.17) is 9.47 Å². The van der Waals surface area contributed by atoms with E-state index in [1.165, 1.54) is 0 Å². The van der Waals surface area contributed by atoms with Crippen LogP contribution in [-0.4, -0.2) is 42.8 Å². The summed E-state index contributed by atoms with van der Waals surface area (Å²) >= 11 is 0. The summed E-state index contributed by atoms with van der Waals surface area (Å²) < 4.78 is 10.7. The third kappa shape index (κ3) is 4.21. The molecule has 0 bridgehead atoms. The fourth-order valence-corrected chi connectivity index (χ4v) is 2.53. The van der Waals surface area contributed by atoms with Crippen molar-refractivity contribution in [2.24, 2.45) is 5.92 Å². The second kappa shape index (κ2) is 7.79. The normalized spacial score (nSPS) is 19.2. The van der Waals surface area contributed by atoms with E-state index < -0.39 is 17.9 Å². The third-order valence-corrected chi connectivity index (χ3v) is 3.63. The average Bonchev–Trinajstić information content (AvgIpc) is 2.53. The maximum absolute atomic E-state index is 12.3. The highest BCUT2D eigenvalue weighted by Crippen LogP contribution is 2.19. The molecule has 2 atom stereocenters. The molecule has 2 N–H and O–H groups in total. The molecule has 1 aliphatic heterocycles. The van der Waals surface area contributed by atoms with Gasteiger partial charge in [0.1, 0.15) is 11.8 Å². The van der Waals surface area contributed by atoms with Gasteiger partial charge >= 0.3 is 5.97 Å². The molecule has 1 amide bonds. The summed E-state index contributed by atoms with van der Waals surface area (Å²) in [4.78, 5) is 23.7. The van der Waals surface area contributed by atoms with Crippen LogP contribution in [0.5, 0.6) is 5.75 Å². The SMILES string of the molecule is CCOc1cccc(C(=O)NC(C(=O)O)C2CCCOC2)c1. The van der Waals surface area contributed by atoms with Crippen LogP contribution >= 0.6 is 0 Å². The molecular formula is C16H21NO5. The predicted octanol–water partition coefficient (Wildman–Crippen LogP) is 1.69. The Morgan fingerprint density at radius 1 is 1.50 bits per heavy atom. The summed E-state index contributed by atoms with van der Waals surface area (Å²) in [5.74, 6) is -1.07. The number of carboxylic acid groups (broad SMARTS) is 1. The minimum absolute atomic E-state index is 0.203. The van der Waals surface area contributed by atoms with Crippen molar-refractivity contribution in [3.05, 3.63) is 29.8 Å². The Morgan fingerprint density at radius 2 is 2.32 bits per heavy atom. The third-order valence-electron chi connectivity index (χ3n) is 3.63. The fourth-order valence-electron chi connectivity index (χ4n) is 2.53. The number of hydrogen-bond donors (Lipinski definition) is 2. The Morgan fingerprint density at radius 3 is 2.95 bits per heavy atom. The number of carboxylic acids is 1. The number of amides is 1. The molecule has 2 unspecified atom stereocenters. The van der Waals surface area contributed by atoms with Gasteiger partial charge in [-0.15, -0.1) is 0 Å². The van der Waals surface area contributed by atoms with Crippen LogP contribution in [0.1, 0.15) is 30.1 Å². The van der Waals surface area contributed by atoms with Crippen molar-refractivity contribution in [3.8, 4) is 5.75 Å². The second-order valence-electron chi connectivity index (χ2n) is 5.23. The maximum Gasteiger partial charge on any atom is 0.326 e. The van der Waals surface area contributed by atoms with Gasteiger partial charge in [0, 0.05) is 18.1 Å². The molecule has 0 aliphatic carbocycles. The Kier molecular flexibility index (Phi) is 5.77. The fraction of sp³-hybridized carbons (Fsp3) is 0.500. The van der Waals surface area contributed by atoms with Gasteiger partial charge in [-0.3, -0.25) is 4.79 Å². The number of carbonyl (C=O) groups excluding carboxylic acids is 1. The molecule has 0 spiro atoms. The second-order valence-corrected chi connectivity index (χ2v) is 5.23. The van der Waals surface area contributed by atoms with E-state index in [1.54, 1.807) is 24.3 Å². The Balaban J connectivity index is 2.07. The van der Waals surface area contributed by atoms with Crippen molar-refractivity contribution in [3.63, 3.8) is 0 Å². The van der Waals surface area contributed by atoms with E-state index >= 15 is 0 Å². The standard InChI is InChI=1S/C16H21NO5/c1-2-22-13-7-3-5-11(9-13)15(18)17-14(16(19)20)12-6-4-8-21-10-12/h3,5,7,9,12,14H,2,4,6,8,10H2,1H3,(H,17,18)(H,19,20). The van der Waals surface area contributed by atoms with Gasteiger partial charge < -0.3 is 19.9 Å². The van der Waals surface area contributed by atoms with Crippen LogP contribution in [0.15, 0.2) is 24.3 Å². The first kappa shape index (κ1) is 16.3. The first-order valence-corrected chi connectivity index (χ1v) is 7.46. The highest BCUT2D eigenvalue weighted by atomic mass is 16.5. The molecule has 1 aromatic rings. The molecule has 1 heterocycles. The first-order valence-electron chi connectivity index (χ1n) is 7.46. The van der Waals surface area contributed by atoms with Crippen LogP contribution < -0.4 is 10.1 Å². The van der Waals surface area contributed by atoms with Gasteiger partial charge in [0.2, 0.25) is 0 Å². The number of nitrogens with one attached hydrogen (secondary N) is 1. The molecule has 1 aromatic carbocycles. The topological polar surface area (TPSA) is 84.9 Å². The summed E-state index contributed by atoms with van der Waals surface area (Å²) in [5, 5.41) is 12.0. The molecular weight excluding hydrogens is 286 g/mol. The zero-order valence-corrected chi connectivity index (χ0v) is 12.6. The van der Waals surface area contributed by atoms with Gasteiger partial charge in [0.15, 0.2) is 0 Å². The Labute approximate surface area is 129 Å². The molecule has 120 valence electrons. The van der Waals surface area contributed by atoms with Crippen molar-refractivity contribution in [2.75, 3.05) is 19.8 Å². The smallest absolute Gasteiger partial charge is 0.326 e. The van der Waals surface area contributed by atoms with Crippen LogP contribution in [0.3, 0.4) is 0 Å². The molecule has 6 heteroatoms. The van der Waals surface area contributed by atoms with E-state index in [9.17, 15) is 14.7 Å². The lowest BCUT2D eigenvalue weighted by atomic mass is 9.93. The van der Waals surface area contributed by atoms with Gasteiger partial charge in [-0.25, -0.2) is 4.79 Å². The van der Waals surface area contributed by atoms with Gasteiger partial charge in [-0.1, -0.05) is 6.07 Å². The number of ether oxygens (including phenoxy) is 2. The lowest BCUT2D eigenvalue weighted by Crippen LogP contribution is -2.48. The molecule has 0 saturated carbocycles. The Bertz CT molecular complexity index is 525. The van der Waals surface area contributed by atoms with Crippen LogP contribution in [0, 0.1) is 5.92 Å². The number of carbonyl (C=O) groups is 2. The van der Waals surface area contributed by atoms with Crippen LogP contribution in [-0.2, 0) is 9.53 Å². The maximum atomic E-state index is 12.3. The summed E-state index contributed by atoms with van der Waals surface area (Å²) in [7, 11) is 0. The molecule has 1 saturated heterocycles. The predicted molar refractivity (Wildman–Crippen MR) is 80.0 cm³/mol. The quantitative estimate of drug-likeness (QED) is 0.835. The lowest BCUT2D eigenvalue weighted by Gasteiger charge is -2.28. The highest BCUT2D eigenvalue weighted by Gasteiger charge is 2.31. The largest absolute Gasteiger partial charge is 0.494 e. The summed E-state index contributed by atoms with van der Waals surface area (Å²) in [6, 6.07) is 5.76. The van der Waals surface area contributed by atoms with E-state index in [0.29, 0.717) is 31.1 Å². The number of hydrogen-bond acceptors (Lipinski definition) is 4. The van der Waals surface area contributed by atoms with E-state index in [2.05, 4.69) is 5.32 Å². The highest BCUT2D eigenvalue weighted by molar-refractivity contribution is 5.97. The van der Waals surface area contributed by atoms with Crippen molar-refractivity contribution in [1.82, 2.24) is 5.32 Å². The number of rotatable bonds is 6. The van der Waals surface area contributed by atoms with E-state index in [0.717, 1.165) is 12.8 Å². The van der Waals surface area contributed by atoms with E-state index in [-0.39, 0.29) is 5.92 Å². The summed E-state index contributed by atoms with van der Waals surface area (Å²) in [6.07, 6.45) is 1.54.